The predicted molar refractivity (Wildman–Crippen MR) is 114 cm³/mol. The minimum absolute atomic E-state index is 0.0751. The molecule has 0 radical (unpaired) electrons. The summed E-state index contributed by atoms with van der Waals surface area (Å²) in [5, 5.41) is 11.1. The number of carbonyl (C=O) groups is 2. The second kappa shape index (κ2) is 10.7. The fourth-order valence-electron chi connectivity index (χ4n) is 4.17. The number of rotatable bonds is 8. The van der Waals surface area contributed by atoms with Gasteiger partial charge in [-0.05, 0) is 50.3 Å². The number of unbranched alkanes of at least 4 members (excludes halogenated alkanes) is 2. The number of benzene rings is 1. The molecular formula is C24H28F3N3O2. The average Bonchev–Trinajstić information content (AvgIpc) is 2.81. The summed E-state index contributed by atoms with van der Waals surface area (Å²) in [4.78, 5) is 24.9. The van der Waals surface area contributed by atoms with Crippen LogP contribution in [0.15, 0.2) is 36.4 Å². The van der Waals surface area contributed by atoms with Crippen LogP contribution in [0.4, 0.5) is 13.2 Å². The summed E-state index contributed by atoms with van der Waals surface area (Å²) in [6.07, 6.45) is 0.773. The molecule has 0 saturated heterocycles. The molecule has 8 heteroatoms. The lowest BCUT2D eigenvalue weighted by Gasteiger charge is -2.27. The van der Waals surface area contributed by atoms with Crippen molar-refractivity contribution in [2.75, 3.05) is 6.54 Å². The van der Waals surface area contributed by atoms with Gasteiger partial charge in [0.15, 0.2) is 11.5 Å². The molecule has 5 nitrogen and oxygen atoms in total. The molecule has 1 N–H and O–H groups in total. The Kier molecular flexibility index (Phi) is 7.99. The Morgan fingerprint density at radius 2 is 1.72 bits per heavy atom. The molecule has 0 unspecified atom stereocenters. The molecule has 0 bridgehead atoms. The highest BCUT2D eigenvalue weighted by Crippen LogP contribution is 2.38. The van der Waals surface area contributed by atoms with Crippen molar-refractivity contribution < 1.29 is 22.8 Å². The number of nitrogens with zero attached hydrogens (tertiary/aromatic N) is 2. The molecule has 0 spiro atoms. The molecule has 3 rings (SSSR count). The predicted octanol–water partition coefficient (Wildman–Crippen LogP) is 5.57. The minimum Gasteiger partial charge on any atom is -0.351 e. The Morgan fingerprint density at radius 1 is 1.00 bits per heavy atom. The van der Waals surface area contributed by atoms with E-state index in [0.717, 1.165) is 31.0 Å². The van der Waals surface area contributed by atoms with Crippen molar-refractivity contribution in [3.05, 3.63) is 58.9 Å². The van der Waals surface area contributed by atoms with Crippen molar-refractivity contribution in [2.24, 2.45) is 5.92 Å². The van der Waals surface area contributed by atoms with Crippen molar-refractivity contribution in [1.29, 1.82) is 0 Å². The van der Waals surface area contributed by atoms with Gasteiger partial charge in [0.25, 0.3) is 5.91 Å². The van der Waals surface area contributed by atoms with Crippen LogP contribution in [0.2, 0.25) is 0 Å². The van der Waals surface area contributed by atoms with E-state index in [1.165, 1.54) is 18.2 Å². The third-order valence-electron chi connectivity index (χ3n) is 6.00. The number of Topliss-reactive ketones (excluding diaryl/α,β-unsaturated/α-hetero) is 1. The minimum atomic E-state index is -4.55. The normalized spacial score (nSPS) is 18.9. The Hall–Kier alpha value is -2.77. The maximum atomic E-state index is 13.3. The topological polar surface area (TPSA) is 72.0 Å². The third kappa shape index (κ3) is 5.93. The summed E-state index contributed by atoms with van der Waals surface area (Å²) in [5.41, 5.74) is -0.119. The van der Waals surface area contributed by atoms with Gasteiger partial charge in [-0.1, -0.05) is 38.0 Å². The second-order valence-electron chi connectivity index (χ2n) is 8.26. The first-order chi connectivity index (χ1) is 15.3. The van der Waals surface area contributed by atoms with Crippen LogP contribution >= 0.6 is 0 Å². The quantitative estimate of drug-likeness (QED) is 0.424. The first-order valence-electron chi connectivity index (χ1n) is 11.1. The van der Waals surface area contributed by atoms with Gasteiger partial charge < -0.3 is 5.32 Å². The van der Waals surface area contributed by atoms with E-state index < -0.39 is 23.4 Å². The van der Waals surface area contributed by atoms with Crippen LogP contribution in [-0.2, 0) is 6.18 Å². The zero-order valence-corrected chi connectivity index (χ0v) is 18.1. The van der Waals surface area contributed by atoms with E-state index in [1.807, 2.05) is 0 Å². The second-order valence-corrected chi connectivity index (χ2v) is 8.26. The molecule has 1 fully saturated rings. The number of aromatic nitrogens is 2. The molecule has 1 aromatic carbocycles. The van der Waals surface area contributed by atoms with Crippen molar-refractivity contribution in [3.8, 4) is 0 Å². The fraction of sp³-hybridized carbons (Fsp3) is 0.500. The standard InChI is InChI=1S/C24H28F3N3O2/c1-2-3-6-15-28-23(32)21-14-13-20(29-30-21)16-9-11-17(12-10-16)22(31)18-7-4-5-8-19(18)24(25,26)27/h4-5,7-8,13-14,16-17H,2-3,6,9-12,15H2,1H3,(H,28,32). The Morgan fingerprint density at radius 3 is 2.34 bits per heavy atom. The number of hydrogen-bond donors (Lipinski definition) is 1. The first kappa shape index (κ1) is 23.9. The van der Waals surface area contributed by atoms with E-state index in [2.05, 4.69) is 22.4 Å². The SMILES string of the molecule is CCCCCNC(=O)c1ccc(C2CCC(C(=O)c3ccccc3C(F)(F)F)CC2)nn1. The van der Waals surface area contributed by atoms with Crippen molar-refractivity contribution in [1.82, 2.24) is 15.5 Å². The summed E-state index contributed by atoms with van der Waals surface area (Å²) in [5.74, 6) is -1.06. The van der Waals surface area contributed by atoms with E-state index in [4.69, 9.17) is 0 Å². The highest BCUT2D eigenvalue weighted by atomic mass is 19.4. The number of ketones is 1. The van der Waals surface area contributed by atoms with Gasteiger partial charge in [-0.2, -0.15) is 18.3 Å². The van der Waals surface area contributed by atoms with E-state index >= 15 is 0 Å². The molecule has 172 valence electrons. The average molecular weight is 448 g/mol. The maximum Gasteiger partial charge on any atom is 0.417 e. The van der Waals surface area contributed by atoms with Gasteiger partial charge in [0, 0.05) is 23.9 Å². The first-order valence-corrected chi connectivity index (χ1v) is 11.1. The largest absolute Gasteiger partial charge is 0.417 e. The molecule has 1 saturated carbocycles. The molecule has 1 aliphatic rings. The monoisotopic (exact) mass is 447 g/mol. The summed E-state index contributed by atoms with van der Waals surface area (Å²) in [6.45, 7) is 2.70. The van der Waals surface area contributed by atoms with Gasteiger partial charge in [0.1, 0.15) is 0 Å². The van der Waals surface area contributed by atoms with Gasteiger partial charge in [0.2, 0.25) is 0 Å². The zero-order valence-electron chi connectivity index (χ0n) is 18.1. The lowest BCUT2D eigenvalue weighted by molar-refractivity contribution is -0.138. The van der Waals surface area contributed by atoms with Gasteiger partial charge in [-0.15, -0.1) is 5.10 Å². The third-order valence-corrected chi connectivity index (χ3v) is 6.00. The van der Waals surface area contributed by atoms with E-state index in [-0.39, 0.29) is 23.1 Å². The van der Waals surface area contributed by atoms with Gasteiger partial charge >= 0.3 is 6.18 Å². The van der Waals surface area contributed by atoms with Crippen molar-refractivity contribution in [2.45, 2.75) is 64.0 Å². The van der Waals surface area contributed by atoms with Crippen LogP contribution < -0.4 is 5.32 Å². The lowest BCUT2D eigenvalue weighted by Crippen LogP contribution is -2.26. The van der Waals surface area contributed by atoms with E-state index in [9.17, 15) is 22.8 Å². The molecule has 2 aromatic rings. The maximum absolute atomic E-state index is 13.3. The summed E-state index contributed by atoms with van der Waals surface area (Å²) >= 11 is 0. The smallest absolute Gasteiger partial charge is 0.351 e. The number of nitrogens with one attached hydrogen (secondary N) is 1. The number of carbonyl (C=O) groups excluding carboxylic acids is 2. The zero-order chi connectivity index (χ0) is 23.1. The molecular weight excluding hydrogens is 419 g/mol. The molecule has 1 amide bonds. The van der Waals surface area contributed by atoms with E-state index in [0.29, 0.717) is 32.2 Å². The number of hydrogen-bond acceptors (Lipinski definition) is 4. The van der Waals surface area contributed by atoms with Gasteiger partial charge in [-0.25, -0.2) is 0 Å². The number of alkyl halides is 3. The lowest BCUT2D eigenvalue weighted by atomic mass is 9.77. The van der Waals surface area contributed by atoms with Crippen molar-refractivity contribution >= 4 is 11.7 Å². The van der Waals surface area contributed by atoms with Crippen LogP contribution in [-0.4, -0.2) is 28.4 Å². The van der Waals surface area contributed by atoms with Crippen LogP contribution in [0.25, 0.3) is 0 Å². The van der Waals surface area contributed by atoms with E-state index in [1.54, 1.807) is 12.1 Å². The number of halogens is 3. The molecule has 0 atom stereocenters. The number of amides is 1. The summed E-state index contributed by atoms with van der Waals surface area (Å²) in [7, 11) is 0. The summed E-state index contributed by atoms with van der Waals surface area (Å²) in [6, 6.07) is 8.40. The van der Waals surface area contributed by atoms with Gasteiger partial charge in [-0.3, -0.25) is 9.59 Å². The van der Waals surface area contributed by atoms with Crippen molar-refractivity contribution in [3.63, 3.8) is 0 Å². The molecule has 0 aliphatic heterocycles. The molecule has 1 aliphatic carbocycles. The fourth-order valence-corrected chi connectivity index (χ4v) is 4.17. The van der Waals surface area contributed by atoms with Crippen LogP contribution in [0, 0.1) is 5.92 Å². The Labute approximate surface area is 185 Å². The highest BCUT2D eigenvalue weighted by molar-refractivity contribution is 5.99. The van der Waals surface area contributed by atoms with Gasteiger partial charge in [0.05, 0.1) is 11.3 Å². The van der Waals surface area contributed by atoms with Crippen LogP contribution in [0.3, 0.4) is 0 Å². The highest BCUT2D eigenvalue weighted by Gasteiger charge is 2.37. The van der Waals surface area contributed by atoms with Crippen LogP contribution in [0.5, 0.6) is 0 Å². The Bertz CT molecular complexity index is 921. The summed E-state index contributed by atoms with van der Waals surface area (Å²) < 4.78 is 39.8. The Balaban J connectivity index is 1.57. The molecule has 32 heavy (non-hydrogen) atoms. The molecule has 1 aromatic heterocycles. The van der Waals surface area contributed by atoms with Crippen LogP contribution in [0.1, 0.15) is 89.9 Å². The molecule has 1 heterocycles.